The molecule has 4 nitrogen and oxygen atoms in total. The van der Waals surface area contributed by atoms with Gasteiger partial charge in [0.1, 0.15) is 11.6 Å². The van der Waals surface area contributed by atoms with Crippen LogP contribution < -0.4 is 11.1 Å². The van der Waals surface area contributed by atoms with E-state index in [1.165, 1.54) is 18.2 Å². The van der Waals surface area contributed by atoms with Gasteiger partial charge in [0.05, 0.1) is 5.69 Å². The topological polar surface area (TPSA) is 68.3 Å². The molecule has 0 radical (unpaired) electrons. The SMILES string of the molecule is Cc1ccc(C(=O)Nc2ccc(CN)cc2F)o1. The van der Waals surface area contributed by atoms with E-state index < -0.39 is 11.7 Å². The Balaban J connectivity index is 2.16. The maximum Gasteiger partial charge on any atom is 0.291 e. The zero-order valence-corrected chi connectivity index (χ0v) is 9.87. The normalized spacial score (nSPS) is 10.4. The van der Waals surface area contributed by atoms with Crippen LogP contribution in [-0.4, -0.2) is 5.91 Å². The van der Waals surface area contributed by atoms with Crippen LogP contribution >= 0.6 is 0 Å². The van der Waals surface area contributed by atoms with E-state index >= 15 is 0 Å². The standard InChI is InChI=1S/C13H13FN2O2/c1-8-2-5-12(18-8)13(17)16-11-4-3-9(7-15)6-10(11)14/h2-6H,7,15H2,1H3,(H,16,17). The van der Waals surface area contributed by atoms with E-state index in [-0.39, 0.29) is 18.0 Å². The summed E-state index contributed by atoms with van der Waals surface area (Å²) in [7, 11) is 0. The lowest BCUT2D eigenvalue weighted by Crippen LogP contribution is -2.12. The zero-order valence-electron chi connectivity index (χ0n) is 9.87. The van der Waals surface area contributed by atoms with Crippen molar-refractivity contribution in [3.05, 3.63) is 53.2 Å². The third-order valence-electron chi connectivity index (χ3n) is 2.48. The van der Waals surface area contributed by atoms with Crippen molar-refractivity contribution in [2.75, 3.05) is 5.32 Å². The summed E-state index contributed by atoms with van der Waals surface area (Å²) >= 11 is 0. The van der Waals surface area contributed by atoms with Gasteiger partial charge in [-0.15, -0.1) is 0 Å². The number of amides is 1. The molecule has 0 saturated carbocycles. The molecule has 2 aromatic rings. The Morgan fingerprint density at radius 3 is 2.72 bits per heavy atom. The van der Waals surface area contributed by atoms with E-state index in [2.05, 4.69) is 5.32 Å². The van der Waals surface area contributed by atoms with Crippen LogP contribution in [0.15, 0.2) is 34.7 Å². The minimum atomic E-state index is -0.519. The van der Waals surface area contributed by atoms with Gasteiger partial charge in [-0.2, -0.15) is 0 Å². The minimum Gasteiger partial charge on any atom is -0.456 e. The van der Waals surface area contributed by atoms with Gasteiger partial charge in [-0.3, -0.25) is 4.79 Å². The Kier molecular flexibility index (Phi) is 3.43. The molecule has 3 N–H and O–H groups in total. The molecule has 0 unspecified atom stereocenters. The van der Waals surface area contributed by atoms with Gasteiger partial charge in [-0.05, 0) is 36.8 Å². The summed E-state index contributed by atoms with van der Waals surface area (Å²) in [6.07, 6.45) is 0. The van der Waals surface area contributed by atoms with E-state index in [1.54, 1.807) is 19.1 Å². The van der Waals surface area contributed by atoms with E-state index in [9.17, 15) is 9.18 Å². The first-order valence-corrected chi connectivity index (χ1v) is 5.46. The van der Waals surface area contributed by atoms with Crippen molar-refractivity contribution in [2.45, 2.75) is 13.5 Å². The van der Waals surface area contributed by atoms with E-state index in [0.717, 1.165) is 0 Å². The summed E-state index contributed by atoms with van der Waals surface area (Å²) < 4.78 is 18.8. The van der Waals surface area contributed by atoms with Crippen LogP contribution in [0.25, 0.3) is 0 Å². The molecular weight excluding hydrogens is 235 g/mol. The van der Waals surface area contributed by atoms with Gasteiger partial charge >= 0.3 is 0 Å². The number of nitrogens with one attached hydrogen (secondary N) is 1. The molecule has 1 aromatic carbocycles. The summed E-state index contributed by atoms with van der Waals surface area (Å²) in [6, 6.07) is 7.64. The summed E-state index contributed by atoms with van der Waals surface area (Å²) in [4.78, 5) is 11.7. The number of furan rings is 1. The summed E-state index contributed by atoms with van der Waals surface area (Å²) in [6.45, 7) is 1.98. The Morgan fingerprint density at radius 1 is 1.39 bits per heavy atom. The van der Waals surface area contributed by atoms with Crippen LogP contribution in [0.3, 0.4) is 0 Å². The smallest absolute Gasteiger partial charge is 0.291 e. The summed E-state index contributed by atoms with van der Waals surface area (Å²) in [5.41, 5.74) is 6.16. The van der Waals surface area contributed by atoms with Gasteiger partial charge in [0, 0.05) is 6.54 Å². The van der Waals surface area contributed by atoms with Crippen molar-refractivity contribution in [3.8, 4) is 0 Å². The molecule has 0 spiro atoms. The van der Waals surface area contributed by atoms with E-state index in [0.29, 0.717) is 11.3 Å². The lowest BCUT2D eigenvalue weighted by atomic mass is 10.2. The van der Waals surface area contributed by atoms with Crippen molar-refractivity contribution in [2.24, 2.45) is 5.73 Å². The average molecular weight is 248 g/mol. The molecule has 5 heteroatoms. The Morgan fingerprint density at radius 2 is 2.17 bits per heavy atom. The third kappa shape index (κ3) is 2.57. The second kappa shape index (κ2) is 5.01. The molecule has 0 fully saturated rings. The number of hydrogen-bond acceptors (Lipinski definition) is 3. The van der Waals surface area contributed by atoms with Crippen LogP contribution in [0.2, 0.25) is 0 Å². The van der Waals surface area contributed by atoms with Gasteiger partial charge in [-0.25, -0.2) is 4.39 Å². The van der Waals surface area contributed by atoms with Gasteiger partial charge in [0.25, 0.3) is 5.91 Å². The highest BCUT2D eigenvalue weighted by molar-refractivity contribution is 6.02. The molecule has 1 heterocycles. The summed E-state index contributed by atoms with van der Waals surface area (Å²) in [5, 5.41) is 2.44. The number of aryl methyl sites for hydroxylation is 1. The number of rotatable bonds is 3. The number of carbonyl (C=O) groups is 1. The quantitative estimate of drug-likeness (QED) is 0.876. The molecule has 2 rings (SSSR count). The number of hydrogen-bond donors (Lipinski definition) is 2. The maximum absolute atomic E-state index is 13.6. The largest absolute Gasteiger partial charge is 0.456 e. The first kappa shape index (κ1) is 12.3. The number of anilines is 1. The second-order valence-corrected chi connectivity index (χ2v) is 3.88. The second-order valence-electron chi connectivity index (χ2n) is 3.88. The van der Waals surface area contributed by atoms with Gasteiger partial charge in [-0.1, -0.05) is 6.07 Å². The van der Waals surface area contributed by atoms with Crippen LogP contribution in [0, 0.1) is 12.7 Å². The van der Waals surface area contributed by atoms with Crippen LogP contribution in [0.1, 0.15) is 21.9 Å². The first-order valence-electron chi connectivity index (χ1n) is 5.46. The molecule has 0 aliphatic carbocycles. The molecule has 94 valence electrons. The van der Waals surface area contributed by atoms with Crippen LogP contribution in [0.4, 0.5) is 10.1 Å². The zero-order chi connectivity index (χ0) is 13.1. The molecule has 0 aliphatic rings. The van der Waals surface area contributed by atoms with Gasteiger partial charge in [0.2, 0.25) is 0 Å². The van der Waals surface area contributed by atoms with Gasteiger partial charge < -0.3 is 15.5 Å². The van der Waals surface area contributed by atoms with Crippen molar-refractivity contribution in [1.82, 2.24) is 0 Å². The molecule has 0 atom stereocenters. The van der Waals surface area contributed by atoms with E-state index in [1.807, 2.05) is 0 Å². The van der Waals surface area contributed by atoms with Crippen molar-refractivity contribution in [1.29, 1.82) is 0 Å². The van der Waals surface area contributed by atoms with Gasteiger partial charge in [0.15, 0.2) is 5.76 Å². The first-order chi connectivity index (χ1) is 8.60. The molecule has 0 bridgehead atoms. The Hall–Kier alpha value is -2.14. The Bertz CT molecular complexity index is 578. The predicted octanol–water partition coefficient (Wildman–Crippen LogP) is 2.44. The molecule has 1 amide bonds. The third-order valence-corrected chi connectivity index (χ3v) is 2.48. The molecule has 1 aromatic heterocycles. The lowest BCUT2D eigenvalue weighted by Gasteiger charge is -2.06. The minimum absolute atomic E-state index is 0.103. The highest BCUT2D eigenvalue weighted by Crippen LogP contribution is 2.17. The molecule has 0 saturated heterocycles. The van der Waals surface area contributed by atoms with Crippen molar-refractivity contribution < 1.29 is 13.6 Å². The fourth-order valence-electron chi connectivity index (χ4n) is 1.53. The highest BCUT2D eigenvalue weighted by atomic mass is 19.1. The van der Waals surface area contributed by atoms with Crippen molar-refractivity contribution in [3.63, 3.8) is 0 Å². The predicted molar refractivity (Wildman–Crippen MR) is 65.7 cm³/mol. The van der Waals surface area contributed by atoms with Crippen LogP contribution in [-0.2, 0) is 6.54 Å². The molecule has 18 heavy (non-hydrogen) atoms. The number of carbonyl (C=O) groups excluding carboxylic acids is 1. The number of nitrogens with two attached hydrogens (primary N) is 1. The van der Waals surface area contributed by atoms with Crippen molar-refractivity contribution >= 4 is 11.6 Å². The Labute approximate surface area is 104 Å². The van der Waals surface area contributed by atoms with E-state index in [4.69, 9.17) is 10.2 Å². The average Bonchev–Trinajstić information content (AvgIpc) is 2.78. The monoisotopic (exact) mass is 248 g/mol. The number of benzene rings is 1. The van der Waals surface area contributed by atoms with Crippen LogP contribution in [0.5, 0.6) is 0 Å². The fraction of sp³-hybridized carbons (Fsp3) is 0.154. The summed E-state index contributed by atoms with van der Waals surface area (Å²) in [5.74, 6) is -0.231. The lowest BCUT2D eigenvalue weighted by molar-refractivity contribution is 0.0995. The molecular formula is C13H13FN2O2. The molecule has 0 aliphatic heterocycles. The maximum atomic E-state index is 13.6. The highest BCUT2D eigenvalue weighted by Gasteiger charge is 2.12. The number of halogens is 1. The fourth-order valence-corrected chi connectivity index (χ4v) is 1.53.